The number of rotatable bonds is 1. The lowest BCUT2D eigenvalue weighted by molar-refractivity contribution is 0.779. The maximum atomic E-state index is 8.92. The molecular formula is C13H13N. The Morgan fingerprint density at radius 1 is 1.29 bits per heavy atom. The molecule has 1 unspecified atom stereocenters. The van der Waals surface area contributed by atoms with Gasteiger partial charge in [0.25, 0.3) is 0 Å². The summed E-state index contributed by atoms with van der Waals surface area (Å²) < 4.78 is 0. The average molecular weight is 183 g/mol. The Bertz CT molecular complexity index is 370. The van der Waals surface area contributed by atoms with Crippen LogP contribution in [-0.2, 0) is 0 Å². The van der Waals surface area contributed by atoms with Gasteiger partial charge in [-0.05, 0) is 24.8 Å². The Hall–Kier alpha value is -1.55. The highest BCUT2D eigenvalue weighted by molar-refractivity contribution is 5.54. The van der Waals surface area contributed by atoms with E-state index in [0.717, 1.165) is 19.3 Å². The van der Waals surface area contributed by atoms with Crippen molar-refractivity contribution >= 4 is 6.08 Å². The molecule has 0 spiro atoms. The molecule has 1 heteroatoms. The lowest BCUT2D eigenvalue weighted by Crippen LogP contribution is -1.90. The standard InChI is InChI=1S/C13H13N/c14-10-13-8-4-7-12(13)9-11-5-2-1-3-6-11/h1-3,5-6,9,13H,4,7-8H2/b12-9-. The smallest absolute Gasteiger partial charge is 0.0700 e. The van der Waals surface area contributed by atoms with Gasteiger partial charge in [0, 0.05) is 0 Å². The first-order chi connectivity index (χ1) is 6.90. The van der Waals surface area contributed by atoms with Crippen molar-refractivity contribution in [1.82, 2.24) is 0 Å². The number of hydrogen-bond acceptors (Lipinski definition) is 1. The summed E-state index contributed by atoms with van der Waals surface area (Å²) in [6, 6.07) is 12.6. The summed E-state index contributed by atoms with van der Waals surface area (Å²) in [5.41, 5.74) is 2.52. The molecule has 0 heterocycles. The van der Waals surface area contributed by atoms with E-state index in [-0.39, 0.29) is 5.92 Å². The quantitative estimate of drug-likeness (QED) is 0.654. The van der Waals surface area contributed by atoms with Crippen molar-refractivity contribution in [2.45, 2.75) is 19.3 Å². The van der Waals surface area contributed by atoms with Crippen LogP contribution in [0.3, 0.4) is 0 Å². The lowest BCUT2D eigenvalue weighted by atomic mass is 10.0. The van der Waals surface area contributed by atoms with Crippen LogP contribution < -0.4 is 0 Å². The molecular weight excluding hydrogens is 170 g/mol. The molecule has 0 aliphatic heterocycles. The van der Waals surface area contributed by atoms with Crippen LogP contribution in [0.25, 0.3) is 6.08 Å². The number of allylic oxidation sites excluding steroid dienone is 1. The molecule has 1 aromatic carbocycles. The van der Waals surface area contributed by atoms with E-state index in [2.05, 4.69) is 24.3 Å². The Kier molecular flexibility index (Phi) is 2.65. The third-order valence-corrected chi connectivity index (χ3v) is 2.71. The van der Waals surface area contributed by atoms with E-state index in [9.17, 15) is 0 Å². The predicted octanol–water partition coefficient (Wildman–Crippen LogP) is 3.39. The summed E-state index contributed by atoms with van der Waals surface area (Å²) in [4.78, 5) is 0. The topological polar surface area (TPSA) is 23.8 Å². The molecule has 0 amide bonds. The van der Waals surface area contributed by atoms with E-state index in [1.807, 2.05) is 18.2 Å². The van der Waals surface area contributed by atoms with Crippen LogP contribution in [0.5, 0.6) is 0 Å². The third kappa shape index (κ3) is 1.85. The highest BCUT2D eigenvalue weighted by Crippen LogP contribution is 2.31. The second kappa shape index (κ2) is 4.11. The van der Waals surface area contributed by atoms with Gasteiger partial charge in [-0.3, -0.25) is 0 Å². The van der Waals surface area contributed by atoms with Gasteiger partial charge in [0.2, 0.25) is 0 Å². The molecule has 1 saturated carbocycles. The minimum atomic E-state index is 0.162. The first kappa shape index (κ1) is 9.02. The Balaban J connectivity index is 2.23. The molecule has 0 saturated heterocycles. The fourth-order valence-electron chi connectivity index (χ4n) is 1.95. The molecule has 0 radical (unpaired) electrons. The summed E-state index contributed by atoms with van der Waals surface area (Å²) in [6.07, 6.45) is 5.46. The van der Waals surface area contributed by atoms with E-state index in [0.29, 0.717) is 0 Å². The third-order valence-electron chi connectivity index (χ3n) is 2.71. The fourth-order valence-corrected chi connectivity index (χ4v) is 1.95. The van der Waals surface area contributed by atoms with Crippen molar-refractivity contribution in [3.8, 4) is 6.07 Å². The number of nitrogens with zero attached hydrogens (tertiary/aromatic N) is 1. The molecule has 0 bridgehead atoms. The zero-order chi connectivity index (χ0) is 9.80. The fraction of sp³-hybridized carbons (Fsp3) is 0.308. The minimum absolute atomic E-state index is 0.162. The van der Waals surface area contributed by atoms with Gasteiger partial charge in [0.1, 0.15) is 0 Å². The second-order valence-electron chi connectivity index (χ2n) is 3.70. The molecule has 1 aromatic rings. The van der Waals surface area contributed by atoms with Crippen molar-refractivity contribution < 1.29 is 0 Å². The SMILES string of the molecule is N#CC1CCC/C1=C/c1ccccc1. The van der Waals surface area contributed by atoms with Gasteiger partial charge in [-0.1, -0.05) is 42.0 Å². The van der Waals surface area contributed by atoms with Crippen LogP contribution in [0.2, 0.25) is 0 Å². The molecule has 2 rings (SSSR count). The van der Waals surface area contributed by atoms with Crippen molar-refractivity contribution in [3.05, 3.63) is 41.5 Å². The Morgan fingerprint density at radius 3 is 2.79 bits per heavy atom. The minimum Gasteiger partial charge on any atom is -0.198 e. The summed E-state index contributed by atoms with van der Waals surface area (Å²) >= 11 is 0. The van der Waals surface area contributed by atoms with Crippen molar-refractivity contribution in [2.75, 3.05) is 0 Å². The largest absolute Gasteiger partial charge is 0.198 e. The maximum Gasteiger partial charge on any atom is 0.0700 e. The van der Waals surface area contributed by atoms with E-state index in [4.69, 9.17) is 5.26 Å². The molecule has 1 aliphatic rings. The van der Waals surface area contributed by atoms with Gasteiger partial charge in [0.15, 0.2) is 0 Å². The van der Waals surface area contributed by atoms with Gasteiger partial charge < -0.3 is 0 Å². The molecule has 1 atom stereocenters. The lowest BCUT2D eigenvalue weighted by Gasteiger charge is -2.01. The Morgan fingerprint density at radius 2 is 2.07 bits per heavy atom. The van der Waals surface area contributed by atoms with E-state index in [1.165, 1.54) is 11.1 Å². The summed E-state index contributed by atoms with van der Waals surface area (Å²) in [7, 11) is 0. The first-order valence-corrected chi connectivity index (χ1v) is 5.05. The van der Waals surface area contributed by atoms with Gasteiger partial charge in [-0.25, -0.2) is 0 Å². The zero-order valence-electron chi connectivity index (χ0n) is 8.11. The van der Waals surface area contributed by atoms with Crippen molar-refractivity contribution in [2.24, 2.45) is 5.92 Å². The summed E-state index contributed by atoms with van der Waals surface area (Å²) in [5.74, 6) is 0.162. The number of hydrogen-bond donors (Lipinski definition) is 0. The van der Waals surface area contributed by atoms with Crippen LogP contribution in [0.4, 0.5) is 0 Å². The Labute approximate surface area is 84.7 Å². The van der Waals surface area contributed by atoms with Gasteiger partial charge >= 0.3 is 0 Å². The second-order valence-corrected chi connectivity index (χ2v) is 3.70. The van der Waals surface area contributed by atoms with Gasteiger partial charge in [-0.15, -0.1) is 0 Å². The first-order valence-electron chi connectivity index (χ1n) is 5.05. The number of nitriles is 1. The average Bonchev–Trinajstić information content (AvgIpc) is 2.67. The number of benzene rings is 1. The van der Waals surface area contributed by atoms with Gasteiger partial charge in [0.05, 0.1) is 12.0 Å². The van der Waals surface area contributed by atoms with Crippen LogP contribution in [-0.4, -0.2) is 0 Å². The molecule has 1 fully saturated rings. The molecule has 1 nitrogen and oxygen atoms in total. The van der Waals surface area contributed by atoms with Crippen molar-refractivity contribution in [3.63, 3.8) is 0 Å². The van der Waals surface area contributed by atoms with Gasteiger partial charge in [-0.2, -0.15) is 5.26 Å². The van der Waals surface area contributed by atoms with Crippen LogP contribution in [0.1, 0.15) is 24.8 Å². The molecule has 0 N–H and O–H groups in total. The molecule has 0 aromatic heterocycles. The maximum absolute atomic E-state index is 8.92. The monoisotopic (exact) mass is 183 g/mol. The van der Waals surface area contributed by atoms with Crippen LogP contribution in [0.15, 0.2) is 35.9 Å². The molecule has 70 valence electrons. The molecule has 1 aliphatic carbocycles. The van der Waals surface area contributed by atoms with E-state index >= 15 is 0 Å². The highest BCUT2D eigenvalue weighted by atomic mass is 14.3. The predicted molar refractivity (Wildman–Crippen MR) is 57.4 cm³/mol. The van der Waals surface area contributed by atoms with E-state index in [1.54, 1.807) is 0 Å². The van der Waals surface area contributed by atoms with E-state index < -0.39 is 0 Å². The van der Waals surface area contributed by atoms with Crippen LogP contribution in [0, 0.1) is 17.2 Å². The highest BCUT2D eigenvalue weighted by Gasteiger charge is 2.19. The normalized spacial score (nSPS) is 23.6. The van der Waals surface area contributed by atoms with Crippen LogP contribution >= 0.6 is 0 Å². The van der Waals surface area contributed by atoms with Crippen molar-refractivity contribution in [1.29, 1.82) is 5.26 Å². The summed E-state index contributed by atoms with van der Waals surface area (Å²) in [5, 5.41) is 8.92. The summed E-state index contributed by atoms with van der Waals surface area (Å²) in [6.45, 7) is 0. The zero-order valence-corrected chi connectivity index (χ0v) is 8.11. The molecule has 14 heavy (non-hydrogen) atoms.